The fourth-order valence-corrected chi connectivity index (χ4v) is 2.52. The Balaban J connectivity index is 2.36. The first-order chi connectivity index (χ1) is 8.13. The first-order valence-electron chi connectivity index (χ1n) is 5.73. The van der Waals surface area contributed by atoms with Crippen molar-refractivity contribution in [3.8, 4) is 0 Å². The maximum absolute atomic E-state index is 11.8. The number of nitrogens with zero attached hydrogens (tertiary/aromatic N) is 1. The minimum Gasteiger partial charge on any atom is -0.397 e. The van der Waals surface area contributed by atoms with E-state index in [-0.39, 0.29) is 11.9 Å². The average Bonchev–Trinajstić information content (AvgIpc) is 2.32. The van der Waals surface area contributed by atoms with Gasteiger partial charge in [0.15, 0.2) is 0 Å². The van der Waals surface area contributed by atoms with Gasteiger partial charge in [-0.1, -0.05) is 22.9 Å². The minimum atomic E-state index is -0.125. The molecule has 0 bridgehead atoms. The molecule has 17 heavy (non-hydrogen) atoms. The summed E-state index contributed by atoms with van der Waals surface area (Å²) in [5.41, 5.74) is 7.63. The van der Waals surface area contributed by atoms with Gasteiger partial charge >= 0.3 is 0 Å². The topological polar surface area (TPSA) is 58.4 Å². The lowest BCUT2D eigenvalue weighted by Crippen LogP contribution is -2.55. The Hall–Kier alpha value is -1.23. The van der Waals surface area contributed by atoms with Gasteiger partial charge in [-0.2, -0.15) is 0 Å². The van der Waals surface area contributed by atoms with Crippen LogP contribution in [0, 0.1) is 0 Å². The highest BCUT2D eigenvalue weighted by Crippen LogP contribution is 2.30. The van der Waals surface area contributed by atoms with Gasteiger partial charge in [-0.05, 0) is 24.6 Å². The molecule has 3 N–H and O–H groups in total. The summed E-state index contributed by atoms with van der Waals surface area (Å²) in [6, 6.07) is 5.61. The van der Waals surface area contributed by atoms with Crippen LogP contribution in [0.2, 0.25) is 0 Å². The van der Waals surface area contributed by atoms with Crippen LogP contribution in [-0.4, -0.2) is 25.0 Å². The largest absolute Gasteiger partial charge is 0.397 e. The van der Waals surface area contributed by atoms with E-state index < -0.39 is 0 Å². The number of anilines is 2. The van der Waals surface area contributed by atoms with Crippen LogP contribution in [0.3, 0.4) is 0 Å². The second kappa shape index (κ2) is 4.96. The fraction of sp³-hybridized carbons (Fsp3) is 0.417. The average molecular weight is 298 g/mol. The number of halogens is 1. The molecule has 0 spiro atoms. The van der Waals surface area contributed by atoms with Crippen LogP contribution >= 0.6 is 15.9 Å². The van der Waals surface area contributed by atoms with E-state index in [1.54, 1.807) is 0 Å². The van der Waals surface area contributed by atoms with Crippen LogP contribution in [0.4, 0.5) is 11.4 Å². The molecule has 92 valence electrons. The predicted octanol–water partition coefficient (Wildman–Crippen LogP) is 1.75. The summed E-state index contributed by atoms with van der Waals surface area (Å²) < 4.78 is 0.975. The van der Waals surface area contributed by atoms with Gasteiger partial charge < -0.3 is 16.0 Å². The fourth-order valence-electron chi connectivity index (χ4n) is 2.17. The third-order valence-corrected chi connectivity index (χ3v) is 3.51. The Bertz CT molecular complexity index is 436. The molecule has 1 aromatic rings. The van der Waals surface area contributed by atoms with Gasteiger partial charge in [0, 0.05) is 17.6 Å². The van der Waals surface area contributed by atoms with Crippen LogP contribution in [0.1, 0.15) is 13.3 Å². The van der Waals surface area contributed by atoms with Crippen molar-refractivity contribution in [2.45, 2.75) is 19.4 Å². The maximum Gasteiger partial charge on any atom is 0.242 e. The molecule has 4 nitrogen and oxygen atoms in total. The van der Waals surface area contributed by atoms with Crippen molar-refractivity contribution < 1.29 is 4.79 Å². The van der Waals surface area contributed by atoms with Crippen LogP contribution in [0.15, 0.2) is 22.7 Å². The van der Waals surface area contributed by atoms with Crippen molar-refractivity contribution in [3.05, 3.63) is 22.7 Å². The number of nitrogens with two attached hydrogens (primary N) is 1. The summed E-state index contributed by atoms with van der Waals surface area (Å²) >= 11 is 3.44. The number of benzene rings is 1. The quantitative estimate of drug-likeness (QED) is 0.818. The summed E-state index contributed by atoms with van der Waals surface area (Å²) in [6.07, 6.45) is 0.776. The Labute approximate surface area is 109 Å². The first-order valence-corrected chi connectivity index (χ1v) is 6.52. The molecule has 5 heteroatoms. The van der Waals surface area contributed by atoms with Gasteiger partial charge in [0.2, 0.25) is 5.91 Å². The molecule has 1 saturated heterocycles. The minimum absolute atomic E-state index is 0.0816. The van der Waals surface area contributed by atoms with Gasteiger partial charge in [0.1, 0.15) is 6.04 Å². The van der Waals surface area contributed by atoms with Gasteiger partial charge in [0.05, 0.1) is 11.4 Å². The van der Waals surface area contributed by atoms with E-state index in [2.05, 4.69) is 26.1 Å². The molecule has 1 amide bonds. The third-order valence-electron chi connectivity index (χ3n) is 3.02. The highest BCUT2D eigenvalue weighted by Gasteiger charge is 2.29. The zero-order chi connectivity index (χ0) is 12.4. The molecular weight excluding hydrogens is 282 g/mol. The van der Waals surface area contributed by atoms with Gasteiger partial charge in [-0.15, -0.1) is 0 Å². The molecular formula is C12H16BrN3O. The van der Waals surface area contributed by atoms with Crippen LogP contribution in [0.5, 0.6) is 0 Å². The highest BCUT2D eigenvalue weighted by molar-refractivity contribution is 9.10. The number of hydrogen-bond donors (Lipinski definition) is 2. The Morgan fingerprint density at radius 1 is 1.59 bits per heavy atom. The lowest BCUT2D eigenvalue weighted by atomic mass is 10.1. The molecule has 1 aromatic carbocycles. The second-order valence-electron chi connectivity index (χ2n) is 4.11. The maximum atomic E-state index is 11.8. The van der Waals surface area contributed by atoms with Crippen molar-refractivity contribution in [3.63, 3.8) is 0 Å². The lowest BCUT2D eigenvalue weighted by molar-refractivity contribution is -0.123. The molecule has 1 fully saturated rings. The lowest BCUT2D eigenvalue weighted by Gasteiger charge is -2.37. The zero-order valence-corrected chi connectivity index (χ0v) is 11.3. The summed E-state index contributed by atoms with van der Waals surface area (Å²) in [5, 5.41) is 2.88. The number of nitrogen functional groups attached to an aromatic ring is 1. The Morgan fingerprint density at radius 3 is 3.06 bits per heavy atom. The van der Waals surface area contributed by atoms with Gasteiger partial charge in [-0.3, -0.25) is 4.79 Å². The molecule has 1 aliphatic rings. The van der Waals surface area contributed by atoms with Crippen molar-refractivity contribution in [2.24, 2.45) is 0 Å². The number of amides is 1. The number of piperazine rings is 1. The van der Waals surface area contributed by atoms with E-state index in [4.69, 9.17) is 5.73 Å². The van der Waals surface area contributed by atoms with Crippen molar-refractivity contribution in [1.82, 2.24) is 5.32 Å². The monoisotopic (exact) mass is 297 g/mol. The molecule has 0 aromatic heterocycles. The highest BCUT2D eigenvalue weighted by atomic mass is 79.9. The van der Waals surface area contributed by atoms with Crippen LogP contribution in [-0.2, 0) is 4.79 Å². The second-order valence-corrected chi connectivity index (χ2v) is 5.03. The van der Waals surface area contributed by atoms with Crippen molar-refractivity contribution in [2.75, 3.05) is 23.7 Å². The molecule has 1 aliphatic heterocycles. The number of hydrogen-bond acceptors (Lipinski definition) is 3. The van der Waals surface area contributed by atoms with Gasteiger partial charge in [0.25, 0.3) is 0 Å². The Kier molecular flexibility index (Phi) is 3.57. The summed E-state index contributed by atoms with van der Waals surface area (Å²) in [6.45, 7) is 3.48. The van der Waals surface area contributed by atoms with E-state index >= 15 is 0 Å². The standard InChI is InChI=1S/C12H16BrN3O/c1-2-10-12(17)15-5-6-16(10)11-7-8(13)3-4-9(11)14/h3-4,7,10H,2,5-6,14H2,1H3,(H,15,17). The van der Waals surface area contributed by atoms with Gasteiger partial charge in [-0.25, -0.2) is 0 Å². The molecule has 0 aliphatic carbocycles. The molecule has 2 rings (SSSR count). The van der Waals surface area contributed by atoms with E-state index in [0.29, 0.717) is 12.2 Å². The van der Waals surface area contributed by atoms with E-state index in [1.165, 1.54) is 0 Å². The molecule has 0 radical (unpaired) electrons. The SMILES string of the molecule is CCC1C(=O)NCCN1c1cc(Br)ccc1N. The van der Waals surface area contributed by atoms with E-state index in [1.807, 2.05) is 25.1 Å². The van der Waals surface area contributed by atoms with Crippen molar-refractivity contribution in [1.29, 1.82) is 0 Å². The third kappa shape index (κ3) is 2.39. The summed E-state index contributed by atoms with van der Waals surface area (Å²) in [7, 11) is 0. The smallest absolute Gasteiger partial charge is 0.242 e. The first kappa shape index (κ1) is 12.2. The Morgan fingerprint density at radius 2 is 2.35 bits per heavy atom. The number of carbonyl (C=O) groups is 1. The molecule has 1 atom stereocenters. The number of rotatable bonds is 2. The summed E-state index contributed by atoms with van der Waals surface area (Å²) in [5.74, 6) is 0.0816. The molecule has 1 heterocycles. The number of nitrogens with one attached hydrogen (secondary N) is 1. The molecule has 1 unspecified atom stereocenters. The summed E-state index contributed by atoms with van der Waals surface area (Å²) in [4.78, 5) is 13.9. The molecule has 0 saturated carbocycles. The van der Waals surface area contributed by atoms with Crippen molar-refractivity contribution >= 4 is 33.2 Å². The van der Waals surface area contributed by atoms with E-state index in [0.717, 1.165) is 23.1 Å². The predicted molar refractivity (Wildman–Crippen MR) is 73.0 cm³/mol. The number of carbonyl (C=O) groups excluding carboxylic acids is 1. The van der Waals surface area contributed by atoms with E-state index in [9.17, 15) is 4.79 Å². The van der Waals surface area contributed by atoms with Crippen LogP contribution < -0.4 is 16.0 Å². The zero-order valence-electron chi connectivity index (χ0n) is 9.74. The van der Waals surface area contributed by atoms with Crippen LogP contribution in [0.25, 0.3) is 0 Å². The normalized spacial score (nSPS) is 20.2.